The Kier molecular flexibility index (Phi) is 8.25. The number of nitro benzene ring substituents is 1. The molecule has 0 amide bonds. The van der Waals surface area contributed by atoms with E-state index in [4.69, 9.17) is 16.0 Å². The fraction of sp³-hybridized carbons (Fsp3) is 0.545. The summed E-state index contributed by atoms with van der Waals surface area (Å²) in [5, 5.41) is 15.0. The Morgan fingerprint density at radius 3 is 2.37 bits per heavy atom. The monoisotopic (exact) mass is 432 g/mol. The van der Waals surface area contributed by atoms with E-state index in [0.29, 0.717) is 27.9 Å². The van der Waals surface area contributed by atoms with Gasteiger partial charge in [-0.1, -0.05) is 64.7 Å². The lowest BCUT2D eigenvalue weighted by atomic mass is 10.1. The minimum absolute atomic E-state index is 0.0141. The molecule has 0 aliphatic heterocycles. The van der Waals surface area contributed by atoms with Crippen LogP contribution in [0.5, 0.6) is 0 Å². The molecule has 2 heterocycles. The summed E-state index contributed by atoms with van der Waals surface area (Å²) in [5.74, 6) is 0.528. The lowest BCUT2D eigenvalue weighted by Crippen LogP contribution is -2.04. The van der Waals surface area contributed by atoms with Gasteiger partial charge in [0.2, 0.25) is 5.28 Å². The molecule has 162 valence electrons. The van der Waals surface area contributed by atoms with Crippen LogP contribution in [0.1, 0.15) is 71.1 Å². The number of anilines is 1. The van der Waals surface area contributed by atoms with Crippen molar-refractivity contribution in [3.8, 4) is 0 Å². The smallest absolute Gasteiger partial charge is 0.270 e. The highest BCUT2D eigenvalue weighted by atomic mass is 35.5. The van der Waals surface area contributed by atoms with Crippen LogP contribution in [0.15, 0.2) is 22.6 Å². The Morgan fingerprint density at radius 2 is 1.70 bits per heavy atom. The van der Waals surface area contributed by atoms with E-state index >= 15 is 0 Å². The van der Waals surface area contributed by atoms with Crippen LogP contribution in [-0.4, -0.2) is 21.4 Å². The second kappa shape index (κ2) is 11.1. The first-order valence-electron chi connectivity index (χ1n) is 10.9. The van der Waals surface area contributed by atoms with E-state index in [1.54, 1.807) is 6.07 Å². The van der Waals surface area contributed by atoms with Crippen LogP contribution < -0.4 is 5.32 Å². The van der Waals surface area contributed by atoms with Gasteiger partial charge in [0.1, 0.15) is 11.1 Å². The Hall–Kier alpha value is -2.41. The number of unbranched alkanes of at least 4 members (excludes halogenated alkanes) is 9. The van der Waals surface area contributed by atoms with Crippen molar-refractivity contribution in [3.05, 3.63) is 33.6 Å². The molecule has 8 heteroatoms. The molecule has 0 unspecified atom stereocenters. The summed E-state index contributed by atoms with van der Waals surface area (Å²) >= 11 is 6.09. The van der Waals surface area contributed by atoms with Gasteiger partial charge in [-0.2, -0.15) is 4.98 Å². The molecule has 1 N–H and O–H groups in total. The molecule has 30 heavy (non-hydrogen) atoms. The minimum Gasteiger partial charge on any atom is -0.450 e. The van der Waals surface area contributed by atoms with Crippen LogP contribution in [0.4, 0.5) is 11.5 Å². The van der Waals surface area contributed by atoms with Crippen molar-refractivity contribution in [1.29, 1.82) is 0 Å². The maximum atomic E-state index is 11.1. The first kappa shape index (κ1) is 22.3. The topological polar surface area (TPSA) is 94.1 Å². The summed E-state index contributed by atoms with van der Waals surface area (Å²) in [6, 6.07) is 4.45. The molecule has 0 saturated heterocycles. The SMILES string of the molecule is CCCCCCCCCCCCNc1nc(Cl)nc2c1oc1ccc([N+](=O)[O-])cc12. The summed E-state index contributed by atoms with van der Waals surface area (Å²) in [6.45, 7) is 3.00. The predicted octanol–water partition coefficient (Wildman–Crippen LogP) is 7.27. The summed E-state index contributed by atoms with van der Waals surface area (Å²) in [4.78, 5) is 19.1. The Morgan fingerprint density at radius 1 is 1.03 bits per heavy atom. The van der Waals surface area contributed by atoms with Crippen LogP contribution in [0.3, 0.4) is 0 Å². The lowest BCUT2D eigenvalue weighted by Gasteiger charge is -2.06. The van der Waals surface area contributed by atoms with E-state index < -0.39 is 4.92 Å². The molecule has 0 spiro atoms. The molecule has 2 aromatic heterocycles. The second-order valence-corrected chi connectivity index (χ2v) is 8.01. The van der Waals surface area contributed by atoms with Crippen molar-refractivity contribution in [2.75, 3.05) is 11.9 Å². The number of hydrogen-bond donors (Lipinski definition) is 1. The first-order chi connectivity index (χ1) is 14.6. The van der Waals surface area contributed by atoms with Crippen LogP contribution in [0, 0.1) is 10.1 Å². The van der Waals surface area contributed by atoms with E-state index in [2.05, 4.69) is 22.2 Å². The largest absolute Gasteiger partial charge is 0.450 e. The van der Waals surface area contributed by atoms with Crippen molar-refractivity contribution in [2.45, 2.75) is 71.1 Å². The molecule has 0 atom stereocenters. The highest BCUT2D eigenvalue weighted by Gasteiger charge is 2.17. The molecule has 0 saturated carbocycles. The molecule has 0 aliphatic carbocycles. The van der Waals surface area contributed by atoms with E-state index in [-0.39, 0.29) is 11.0 Å². The maximum Gasteiger partial charge on any atom is 0.270 e. The van der Waals surface area contributed by atoms with Gasteiger partial charge in [0, 0.05) is 18.7 Å². The van der Waals surface area contributed by atoms with Gasteiger partial charge in [-0.25, -0.2) is 4.98 Å². The minimum atomic E-state index is -0.439. The summed E-state index contributed by atoms with van der Waals surface area (Å²) in [7, 11) is 0. The molecule has 0 radical (unpaired) electrons. The van der Waals surface area contributed by atoms with Crippen LogP contribution in [-0.2, 0) is 0 Å². The van der Waals surface area contributed by atoms with Gasteiger partial charge < -0.3 is 9.73 Å². The molecule has 1 aromatic carbocycles. The normalized spacial score (nSPS) is 11.4. The van der Waals surface area contributed by atoms with Gasteiger partial charge in [-0.15, -0.1) is 0 Å². The third kappa shape index (κ3) is 5.81. The van der Waals surface area contributed by atoms with Gasteiger partial charge in [-0.05, 0) is 24.1 Å². The van der Waals surface area contributed by atoms with Gasteiger partial charge >= 0.3 is 0 Å². The van der Waals surface area contributed by atoms with Gasteiger partial charge in [0.05, 0.1) is 10.3 Å². The zero-order valence-corrected chi connectivity index (χ0v) is 18.2. The number of halogens is 1. The summed E-state index contributed by atoms with van der Waals surface area (Å²) < 4.78 is 5.85. The molecular weight excluding hydrogens is 404 g/mol. The lowest BCUT2D eigenvalue weighted by molar-refractivity contribution is -0.384. The van der Waals surface area contributed by atoms with Crippen LogP contribution in [0.25, 0.3) is 22.1 Å². The molecule has 0 aliphatic rings. The van der Waals surface area contributed by atoms with Gasteiger partial charge in [0.25, 0.3) is 5.69 Å². The number of nitro groups is 1. The zero-order valence-electron chi connectivity index (χ0n) is 17.5. The summed E-state index contributed by atoms with van der Waals surface area (Å²) in [6.07, 6.45) is 12.8. The standard InChI is InChI=1S/C22H29ClN4O3/c1-2-3-4-5-6-7-8-9-10-11-14-24-21-20-19(25-22(23)26-21)17-15-16(27(28)29)12-13-18(17)30-20/h12-13,15H,2-11,14H2,1H3,(H,24,25,26). The number of nitrogens with zero attached hydrogens (tertiary/aromatic N) is 3. The number of furan rings is 1. The highest BCUT2D eigenvalue weighted by Crippen LogP contribution is 2.34. The maximum absolute atomic E-state index is 11.1. The fourth-order valence-corrected chi connectivity index (χ4v) is 3.83. The van der Waals surface area contributed by atoms with Crippen molar-refractivity contribution in [1.82, 2.24) is 9.97 Å². The Labute approximate surface area is 181 Å². The third-order valence-corrected chi connectivity index (χ3v) is 5.47. The molecule has 3 rings (SSSR count). The quantitative estimate of drug-likeness (QED) is 0.132. The second-order valence-electron chi connectivity index (χ2n) is 7.67. The van der Waals surface area contributed by atoms with Crippen molar-refractivity contribution < 1.29 is 9.34 Å². The van der Waals surface area contributed by atoms with E-state index in [0.717, 1.165) is 19.4 Å². The number of benzene rings is 1. The van der Waals surface area contributed by atoms with E-state index in [9.17, 15) is 10.1 Å². The van der Waals surface area contributed by atoms with Gasteiger partial charge in [0.15, 0.2) is 11.4 Å². The Bertz CT molecular complexity index is 989. The van der Waals surface area contributed by atoms with Gasteiger partial charge in [-0.3, -0.25) is 10.1 Å². The molecule has 3 aromatic rings. The summed E-state index contributed by atoms with van der Waals surface area (Å²) in [5.41, 5.74) is 1.47. The number of hydrogen-bond acceptors (Lipinski definition) is 6. The molecule has 0 bridgehead atoms. The van der Waals surface area contributed by atoms with E-state index in [1.807, 2.05) is 0 Å². The predicted molar refractivity (Wildman–Crippen MR) is 121 cm³/mol. The van der Waals surface area contributed by atoms with Crippen molar-refractivity contribution >= 4 is 45.2 Å². The van der Waals surface area contributed by atoms with E-state index in [1.165, 1.54) is 63.5 Å². The van der Waals surface area contributed by atoms with Crippen LogP contribution >= 0.6 is 11.6 Å². The number of nitrogens with one attached hydrogen (secondary N) is 1. The molecule has 7 nitrogen and oxygen atoms in total. The fourth-order valence-electron chi connectivity index (χ4n) is 3.66. The number of aromatic nitrogens is 2. The average molecular weight is 433 g/mol. The average Bonchev–Trinajstić information content (AvgIpc) is 3.09. The zero-order chi connectivity index (χ0) is 21.3. The number of fused-ring (bicyclic) bond motifs is 3. The third-order valence-electron chi connectivity index (χ3n) is 5.30. The number of non-ortho nitro benzene ring substituents is 1. The van der Waals surface area contributed by atoms with Crippen molar-refractivity contribution in [3.63, 3.8) is 0 Å². The number of rotatable bonds is 13. The van der Waals surface area contributed by atoms with Crippen molar-refractivity contribution in [2.24, 2.45) is 0 Å². The molecular formula is C22H29ClN4O3. The Balaban J connectivity index is 1.53. The highest BCUT2D eigenvalue weighted by molar-refractivity contribution is 6.29. The molecule has 0 fully saturated rings. The first-order valence-corrected chi connectivity index (χ1v) is 11.3. The van der Waals surface area contributed by atoms with Crippen LogP contribution in [0.2, 0.25) is 5.28 Å².